The number of methoxy groups -OCH3 is 3. The Kier molecular flexibility index (Phi) is 24.9. The van der Waals surface area contributed by atoms with E-state index in [2.05, 4.69) is 43.5 Å². The molecule has 0 aromatic carbocycles. The molecule has 1 aliphatic carbocycles. The molecule has 0 spiro atoms. The van der Waals surface area contributed by atoms with Crippen LogP contribution >= 0.6 is 0 Å². The summed E-state index contributed by atoms with van der Waals surface area (Å²) in [6, 6.07) is 2.26. The number of hydrogen-bond donors (Lipinski definition) is 2. The summed E-state index contributed by atoms with van der Waals surface area (Å²) in [5, 5.41) is 35.6. The van der Waals surface area contributed by atoms with Crippen LogP contribution in [0.25, 0.3) is 0 Å². The maximum Gasteiger partial charge on any atom is 0.255 e. The van der Waals surface area contributed by atoms with Crippen LogP contribution in [0.15, 0.2) is 17.5 Å². The van der Waals surface area contributed by atoms with E-state index in [9.17, 15) is 19.9 Å². The lowest BCUT2D eigenvalue weighted by Gasteiger charge is -2.43. The van der Waals surface area contributed by atoms with E-state index >= 15 is 0 Å². The summed E-state index contributed by atoms with van der Waals surface area (Å²) < 4.78 is 36.3. The lowest BCUT2D eigenvalue weighted by atomic mass is 9.71. The van der Waals surface area contributed by atoms with Crippen molar-refractivity contribution in [3.63, 3.8) is 0 Å². The Bertz CT molecular complexity index is 1110. The number of hydrogen-bond acceptors (Lipinski definition) is 9. The van der Waals surface area contributed by atoms with Crippen LogP contribution in [0.5, 0.6) is 0 Å². The van der Waals surface area contributed by atoms with Crippen molar-refractivity contribution < 1.29 is 38.4 Å². The van der Waals surface area contributed by atoms with E-state index in [4.69, 9.17) is 23.8 Å². The molecular formula is C41H75FN2O7. The molecule has 0 radical (unpaired) electrons. The van der Waals surface area contributed by atoms with Gasteiger partial charge in [0.25, 0.3) is 6.86 Å². The van der Waals surface area contributed by atoms with Crippen LogP contribution in [0.1, 0.15) is 129 Å². The third-order valence-electron chi connectivity index (χ3n) is 10.8. The van der Waals surface area contributed by atoms with Crippen molar-refractivity contribution >= 4 is 5.71 Å². The zero-order valence-electron chi connectivity index (χ0n) is 35.1. The second-order valence-electron chi connectivity index (χ2n) is 14.6. The van der Waals surface area contributed by atoms with Gasteiger partial charge in [0.2, 0.25) is 0 Å². The van der Waals surface area contributed by atoms with Gasteiger partial charge in [0.1, 0.15) is 11.7 Å². The van der Waals surface area contributed by atoms with Crippen molar-refractivity contribution in [2.75, 3.05) is 28.2 Å². The number of ether oxygens (including phenoxy) is 4. The van der Waals surface area contributed by atoms with Crippen molar-refractivity contribution in [2.45, 2.75) is 164 Å². The SMILES string of the molecule is C=C1O[C@H](CC)[C@@](C)(O)C(C#N)C(C)/C(=N/OCF)[C@H](C)C[C@@](C)(OC)C[C@@H](C)[C@H](OC)C1C.CC.CC#CC.CO[C@]1(C)CCCC(C)[C@@H]1O. The van der Waals surface area contributed by atoms with Gasteiger partial charge in [-0.1, -0.05) is 73.5 Å². The molecule has 2 N–H and O–H groups in total. The molecule has 0 aromatic rings. The molecular weight excluding hydrogens is 651 g/mol. The highest BCUT2D eigenvalue weighted by molar-refractivity contribution is 5.88. The Hall–Kier alpha value is -2.21. The molecule has 0 aromatic heterocycles. The van der Waals surface area contributed by atoms with Gasteiger partial charge in [0, 0.05) is 39.1 Å². The first-order chi connectivity index (χ1) is 23.8. The highest BCUT2D eigenvalue weighted by Gasteiger charge is 2.47. The lowest BCUT2D eigenvalue weighted by molar-refractivity contribution is -0.132. The largest absolute Gasteiger partial charge is 0.492 e. The number of nitrogens with zero attached hydrogens (tertiary/aromatic N) is 2. The smallest absolute Gasteiger partial charge is 0.255 e. The van der Waals surface area contributed by atoms with Gasteiger partial charge in [-0.3, -0.25) is 0 Å². The first-order valence-corrected chi connectivity index (χ1v) is 18.7. The Balaban J connectivity index is 0. The van der Waals surface area contributed by atoms with Crippen LogP contribution in [-0.2, 0) is 23.8 Å². The van der Waals surface area contributed by atoms with Gasteiger partial charge in [-0.25, -0.2) is 4.39 Å². The van der Waals surface area contributed by atoms with E-state index in [0.29, 0.717) is 36.7 Å². The van der Waals surface area contributed by atoms with Crippen molar-refractivity contribution in [3.8, 4) is 17.9 Å². The highest BCUT2D eigenvalue weighted by atomic mass is 19.1. The molecule has 2 aliphatic rings. The first-order valence-electron chi connectivity index (χ1n) is 18.7. The van der Waals surface area contributed by atoms with Crippen molar-refractivity contribution in [1.82, 2.24) is 0 Å². The van der Waals surface area contributed by atoms with Crippen molar-refractivity contribution in [2.24, 2.45) is 40.7 Å². The van der Waals surface area contributed by atoms with Gasteiger partial charge in [0.15, 0.2) is 0 Å². The summed E-state index contributed by atoms with van der Waals surface area (Å²) in [5.74, 6) is 4.55. The molecule has 0 bridgehead atoms. The van der Waals surface area contributed by atoms with Gasteiger partial charge in [-0.15, -0.1) is 11.8 Å². The molecule has 10 heteroatoms. The number of nitriles is 1. The number of rotatable bonds is 6. The van der Waals surface area contributed by atoms with Crippen LogP contribution in [0.4, 0.5) is 4.39 Å². The number of halogens is 1. The molecule has 12 atom stereocenters. The average Bonchev–Trinajstić information content (AvgIpc) is 3.10. The van der Waals surface area contributed by atoms with E-state index in [-0.39, 0.29) is 35.6 Å². The Morgan fingerprint density at radius 3 is 1.96 bits per heavy atom. The summed E-state index contributed by atoms with van der Waals surface area (Å²) in [4.78, 5) is 4.81. The third-order valence-corrected chi connectivity index (χ3v) is 10.8. The lowest BCUT2D eigenvalue weighted by Crippen LogP contribution is -2.51. The van der Waals surface area contributed by atoms with E-state index in [0.717, 1.165) is 12.8 Å². The van der Waals surface area contributed by atoms with Crippen LogP contribution in [0.2, 0.25) is 0 Å². The molecule has 1 saturated carbocycles. The van der Waals surface area contributed by atoms with Crippen LogP contribution in [0.3, 0.4) is 0 Å². The van der Waals surface area contributed by atoms with Gasteiger partial charge >= 0.3 is 0 Å². The zero-order chi connectivity index (χ0) is 40.2. The molecule has 1 aliphatic heterocycles. The molecule has 51 heavy (non-hydrogen) atoms. The van der Waals surface area contributed by atoms with Gasteiger partial charge in [0.05, 0.1) is 46.9 Å². The predicted octanol–water partition coefficient (Wildman–Crippen LogP) is 8.87. The highest BCUT2D eigenvalue weighted by Crippen LogP contribution is 2.40. The van der Waals surface area contributed by atoms with Gasteiger partial charge < -0.3 is 34.0 Å². The second kappa shape index (κ2) is 24.9. The number of oxime groups is 1. The van der Waals surface area contributed by atoms with Crippen LogP contribution in [-0.4, -0.2) is 79.2 Å². The van der Waals surface area contributed by atoms with Crippen molar-refractivity contribution in [1.29, 1.82) is 5.26 Å². The van der Waals surface area contributed by atoms with E-state index in [1.165, 1.54) is 6.42 Å². The maximum absolute atomic E-state index is 12.9. The van der Waals surface area contributed by atoms with E-state index in [1.54, 1.807) is 28.3 Å². The summed E-state index contributed by atoms with van der Waals surface area (Å²) >= 11 is 0. The van der Waals surface area contributed by atoms with E-state index in [1.807, 2.05) is 69.2 Å². The number of aliphatic hydroxyl groups excluding tert-OH is 1. The molecule has 1 heterocycles. The van der Waals surface area contributed by atoms with E-state index < -0.39 is 36.0 Å². The fourth-order valence-electron chi connectivity index (χ4n) is 7.56. The summed E-state index contributed by atoms with van der Waals surface area (Å²) in [6.45, 7) is 28.2. The summed E-state index contributed by atoms with van der Waals surface area (Å²) in [7, 11) is 5.02. The number of alkyl halides is 1. The Morgan fingerprint density at radius 2 is 1.55 bits per heavy atom. The molecule has 2 fully saturated rings. The molecule has 9 nitrogen and oxygen atoms in total. The predicted molar refractivity (Wildman–Crippen MR) is 206 cm³/mol. The Morgan fingerprint density at radius 1 is 0.980 bits per heavy atom. The fraction of sp³-hybridized carbons (Fsp3) is 0.854. The molecule has 0 amide bonds. The zero-order valence-corrected chi connectivity index (χ0v) is 35.1. The monoisotopic (exact) mass is 727 g/mol. The molecule has 4 unspecified atom stereocenters. The summed E-state index contributed by atoms with van der Waals surface area (Å²) in [5.41, 5.74) is -1.88. The quantitative estimate of drug-likeness (QED) is 0.206. The van der Waals surface area contributed by atoms with Gasteiger partial charge in [-0.05, 0) is 78.6 Å². The van der Waals surface area contributed by atoms with Gasteiger partial charge in [-0.2, -0.15) is 5.26 Å². The molecule has 2 rings (SSSR count). The maximum atomic E-state index is 12.9. The molecule has 1 saturated heterocycles. The van der Waals surface area contributed by atoms with Crippen LogP contribution < -0.4 is 0 Å². The fourth-order valence-corrected chi connectivity index (χ4v) is 7.56. The average molecular weight is 727 g/mol. The number of aliphatic hydroxyl groups is 2. The third kappa shape index (κ3) is 15.0. The normalized spacial score (nSPS) is 38.2. The standard InChI is InChI=1S/C26H45FN2O5.C9H18O2.C4H6.C2H6/c1-11-22-26(8,30)21(14-28)19(5)23(29-33-15-27)16(2)12-25(7,32-10)13-17(3)24(31-9)18(4)20(6)34-22;1-7-5-4-6-9(2,11-3)8(7)10;1-3-4-2;1-2/h16-19,21-22,24,30H,6,11-13,15H2,1-5,7-10H3;7-8,10H,4-6H2,1-3H3;1-2H3;1-2H3/b29-23+;;;/t16-,17-,18?,19?,21?,22-,24+,25-,26+;7?,8-,9+;;/m10../s1. The minimum atomic E-state index is -1.54. The first kappa shape index (κ1) is 50.9. The minimum Gasteiger partial charge on any atom is -0.492 e. The minimum absolute atomic E-state index is 0.0905. The van der Waals surface area contributed by atoms with Crippen LogP contribution in [0, 0.1) is 58.7 Å². The topological polar surface area (TPSA) is 123 Å². The molecule has 298 valence electrons. The summed E-state index contributed by atoms with van der Waals surface area (Å²) in [6.07, 6.45) is 3.81. The Labute approximate surface area is 311 Å². The second-order valence-corrected chi connectivity index (χ2v) is 14.6. The van der Waals surface area contributed by atoms with Crippen molar-refractivity contribution in [3.05, 3.63) is 12.3 Å².